The molecule has 0 aliphatic carbocycles. The molecule has 1 rings (SSSR count). The first kappa shape index (κ1) is 28.6. The molecule has 1 aromatic rings. The quantitative estimate of drug-likeness (QED) is 0.163. The molecule has 0 aliphatic heterocycles. The molecule has 0 fully saturated rings. The maximum Gasteiger partial charge on any atom is 0.326 e. The number of aliphatic carboxylic acids is 1. The maximum absolute atomic E-state index is 13.0. The van der Waals surface area contributed by atoms with E-state index in [-0.39, 0.29) is 12.3 Å². The van der Waals surface area contributed by atoms with E-state index >= 15 is 0 Å². The summed E-state index contributed by atoms with van der Waals surface area (Å²) in [5.74, 6) is -5.04. The molecule has 0 radical (unpaired) electrons. The molecule has 13 heteroatoms. The smallest absolute Gasteiger partial charge is 0.326 e. The van der Waals surface area contributed by atoms with Gasteiger partial charge in [-0.15, -0.1) is 0 Å². The van der Waals surface area contributed by atoms with E-state index in [4.69, 9.17) is 11.5 Å². The van der Waals surface area contributed by atoms with Gasteiger partial charge in [0.25, 0.3) is 0 Å². The van der Waals surface area contributed by atoms with Crippen LogP contribution < -0.4 is 27.4 Å². The summed E-state index contributed by atoms with van der Waals surface area (Å²) < 4.78 is 0. The van der Waals surface area contributed by atoms with Crippen molar-refractivity contribution in [3.63, 3.8) is 0 Å². The average Bonchev–Trinajstić information content (AvgIpc) is 3.26. The maximum atomic E-state index is 13.0. The number of carbonyl (C=O) groups excluding carboxylic acids is 4. The van der Waals surface area contributed by atoms with Crippen LogP contribution in [0, 0.1) is 11.8 Å². The van der Waals surface area contributed by atoms with Crippen LogP contribution in [0.2, 0.25) is 0 Å². The van der Waals surface area contributed by atoms with Gasteiger partial charge in [-0.05, 0) is 11.8 Å². The van der Waals surface area contributed by atoms with Gasteiger partial charge in [0.15, 0.2) is 0 Å². The summed E-state index contributed by atoms with van der Waals surface area (Å²) >= 11 is 0. The number of nitrogens with one attached hydrogen (secondary N) is 4. The molecule has 5 atom stereocenters. The summed E-state index contributed by atoms with van der Waals surface area (Å²) in [6.45, 7) is 6.78. The summed E-state index contributed by atoms with van der Waals surface area (Å²) in [4.78, 5) is 68.0. The predicted octanol–water partition coefficient (Wildman–Crippen LogP) is -1.60. The van der Waals surface area contributed by atoms with Gasteiger partial charge in [0.2, 0.25) is 23.6 Å². The molecule has 0 saturated heterocycles. The minimum absolute atomic E-state index is 0.112. The zero-order chi connectivity index (χ0) is 26.0. The van der Waals surface area contributed by atoms with E-state index in [1.165, 1.54) is 12.5 Å². The summed E-state index contributed by atoms with van der Waals surface area (Å²) in [5, 5.41) is 16.7. The lowest BCUT2D eigenvalue weighted by Gasteiger charge is -2.28. The van der Waals surface area contributed by atoms with E-state index < -0.39 is 66.1 Å². The van der Waals surface area contributed by atoms with Crippen molar-refractivity contribution in [3.8, 4) is 0 Å². The average molecular weight is 482 g/mol. The number of nitrogens with two attached hydrogens (primary N) is 2. The Morgan fingerprint density at radius 2 is 1.65 bits per heavy atom. The van der Waals surface area contributed by atoms with E-state index in [2.05, 4.69) is 25.9 Å². The number of carboxylic acid groups (broad SMARTS) is 1. The standard InChI is InChI=1S/C21H35N7O6/c1-5-11(4)17(20(32)27-16(10(2)3)21(33)34)28-19(31)14(7-15(23)29)26-18(30)13(22)6-12-8-24-9-25-12/h8-11,13-14,16-17H,5-7,22H2,1-4H3,(H2,23,29)(H,24,25)(H,26,30)(H,27,32)(H,28,31)(H,33,34). The second-order valence-electron chi connectivity index (χ2n) is 8.56. The van der Waals surface area contributed by atoms with Crippen molar-refractivity contribution in [2.45, 2.75) is 71.1 Å². The normalized spacial score (nSPS) is 15.5. The summed E-state index contributed by atoms with van der Waals surface area (Å²) in [7, 11) is 0. The Kier molecular flexibility index (Phi) is 11.2. The molecule has 0 bridgehead atoms. The number of nitrogens with zero attached hydrogens (tertiary/aromatic N) is 1. The van der Waals surface area contributed by atoms with Gasteiger partial charge in [0.05, 0.1) is 18.8 Å². The molecular weight excluding hydrogens is 446 g/mol. The molecule has 0 spiro atoms. The van der Waals surface area contributed by atoms with Gasteiger partial charge in [-0.25, -0.2) is 9.78 Å². The largest absolute Gasteiger partial charge is 0.480 e. The van der Waals surface area contributed by atoms with Crippen LogP contribution in [0.1, 0.15) is 46.2 Å². The molecule has 1 aromatic heterocycles. The SMILES string of the molecule is CCC(C)C(NC(=O)C(CC(N)=O)NC(=O)C(N)Cc1cnc[nH]1)C(=O)NC(C(=O)O)C(C)C. The molecular formula is C21H35N7O6. The monoisotopic (exact) mass is 481 g/mol. The van der Waals surface area contributed by atoms with Crippen molar-refractivity contribution in [2.75, 3.05) is 0 Å². The first-order valence-corrected chi connectivity index (χ1v) is 11.0. The van der Waals surface area contributed by atoms with Crippen LogP contribution in [0.4, 0.5) is 0 Å². The lowest BCUT2D eigenvalue weighted by molar-refractivity contribution is -0.144. The third kappa shape index (κ3) is 8.81. The predicted molar refractivity (Wildman–Crippen MR) is 122 cm³/mol. The Morgan fingerprint density at radius 3 is 2.12 bits per heavy atom. The first-order chi connectivity index (χ1) is 15.9. The van der Waals surface area contributed by atoms with E-state index in [0.717, 1.165) is 0 Å². The minimum Gasteiger partial charge on any atom is -0.480 e. The highest BCUT2D eigenvalue weighted by atomic mass is 16.4. The van der Waals surface area contributed by atoms with Gasteiger partial charge in [0, 0.05) is 18.3 Å². The minimum atomic E-state index is -1.38. The van der Waals surface area contributed by atoms with E-state index in [0.29, 0.717) is 12.1 Å². The molecule has 0 aliphatic rings. The summed E-state index contributed by atoms with van der Waals surface area (Å²) in [5.41, 5.74) is 11.7. The van der Waals surface area contributed by atoms with Crippen LogP contribution in [0.15, 0.2) is 12.5 Å². The summed E-state index contributed by atoms with van der Waals surface area (Å²) in [6, 6.07) is -4.68. The third-order valence-corrected chi connectivity index (χ3v) is 5.39. The Labute approximate surface area is 197 Å². The van der Waals surface area contributed by atoms with E-state index in [1.807, 2.05) is 0 Å². The fourth-order valence-electron chi connectivity index (χ4n) is 3.13. The summed E-state index contributed by atoms with van der Waals surface area (Å²) in [6.07, 6.45) is 3.00. The number of hydrogen-bond acceptors (Lipinski definition) is 7. The first-order valence-electron chi connectivity index (χ1n) is 11.0. The second kappa shape index (κ2) is 13.3. The number of carboxylic acids is 1. The lowest BCUT2D eigenvalue weighted by Crippen LogP contribution is -2.59. The molecule has 5 unspecified atom stereocenters. The molecule has 0 saturated carbocycles. The Balaban J connectivity index is 2.98. The van der Waals surface area contributed by atoms with Gasteiger partial charge in [-0.3, -0.25) is 19.2 Å². The fraction of sp³-hybridized carbons (Fsp3) is 0.619. The van der Waals surface area contributed by atoms with Crippen LogP contribution in [-0.4, -0.2) is 68.8 Å². The van der Waals surface area contributed by atoms with Crippen LogP contribution in [-0.2, 0) is 30.4 Å². The number of hydrogen-bond donors (Lipinski definition) is 7. The molecule has 4 amide bonds. The Bertz CT molecular complexity index is 858. The highest BCUT2D eigenvalue weighted by Gasteiger charge is 2.34. The topological polar surface area (TPSA) is 222 Å². The fourth-order valence-corrected chi connectivity index (χ4v) is 3.13. The highest BCUT2D eigenvalue weighted by molar-refractivity contribution is 5.96. The van der Waals surface area contributed by atoms with Crippen LogP contribution in [0.25, 0.3) is 0 Å². The lowest BCUT2D eigenvalue weighted by atomic mass is 9.96. The molecule has 190 valence electrons. The number of H-pyrrole nitrogens is 1. The van der Waals surface area contributed by atoms with Crippen molar-refractivity contribution in [1.82, 2.24) is 25.9 Å². The van der Waals surface area contributed by atoms with Crippen molar-refractivity contribution < 1.29 is 29.1 Å². The number of aromatic nitrogens is 2. The highest BCUT2D eigenvalue weighted by Crippen LogP contribution is 2.11. The van der Waals surface area contributed by atoms with Crippen LogP contribution >= 0.6 is 0 Å². The molecule has 13 nitrogen and oxygen atoms in total. The zero-order valence-corrected chi connectivity index (χ0v) is 19.8. The van der Waals surface area contributed by atoms with Gasteiger partial charge < -0.3 is 37.5 Å². The van der Waals surface area contributed by atoms with Gasteiger partial charge in [-0.2, -0.15) is 0 Å². The number of amides is 4. The van der Waals surface area contributed by atoms with Crippen LogP contribution in [0.3, 0.4) is 0 Å². The van der Waals surface area contributed by atoms with E-state index in [1.54, 1.807) is 27.7 Å². The van der Waals surface area contributed by atoms with Gasteiger partial charge >= 0.3 is 5.97 Å². The van der Waals surface area contributed by atoms with Crippen LogP contribution in [0.5, 0.6) is 0 Å². The molecule has 0 aromatic carbocycles. The zero-order valence-electron chi connectivity index (χ0n) is 19.8. The number of aromatic amines is 1. The van der Waals surface area contributed by atoms with Crippen molar-refractivity contribution >= 4 is 29.6 Å². The number of imidazole rings is 1. The van der Waals surface area contributed by atoms with Crippen molar-refractivity contribution in [1.29, 1.82) is 0 Å². The molecule has 9 N–H and O–H groups in total. The number of rotatable bonds is 14. The van der Waals surface area contributed by atoms with E-state index in [9.17, 15) is 29.1 Å². The Morgan fingerprint density at radius 1 is 1.03 bits per heavy atom. The van der Waals surface area contributed by atoms with Crippen molar-refractivity contribution in [3.05, 3.63) is 18.2 Å². The molecule has 34 heavy (non-hydrogen) atoms. The van der Waals surface area contributed by atoms with Gasteiger partial charge in [-0.1, -0.05) is 34.1 Å². The number of carbonyl (C=O) groups is 5. The molecule has 1 heterocycles. The second-order valence-corrected chi connectivity index (χ2v) is 8.56. The number of primary amides is 1. The van der Waals surface area contributed by atoms with Gasteiger partial charge in [0.1, 0.15) is 18.1 Å². The third-order valence-electron chi connectivity index (χ3n) is 5.39. The van der Waals surface area contributed by atoms with Crippen molar-refractivity contribution in [2.24, 2.45) is 23.3 Å². The Hall–Kier alpha value is -3.48.